The summed E-state index contributed by atoms with van der Waals surface area (Å²) in [6.45, 7) is 3.91. The molecule has 0 amide bonds. The Morgan fingerprint density at radius 1 is 1.40 bits per heavy atom. The SMILES string of the molecule is CC(C)N=C(NN)c1cc(Cl)ccc1Cl. The van der Waals surface area contributed by atoms with Gasteiger partial charge in [0.1, 0.15) is 5.84 Å². The van der Waals surface area contributed by atoms with Crippen LogP contribution in [0.5, 0.6) is 0 Å². The summed E-state index contributed by atoms with van der Waals surface area (Å²) >= 11 is 11.9. The molecule has 0 bridgehead atoms. The van der Waals surface area contributed by atoms with Crippen LogP contribution in [0.25, 0.3) is 0 Å². The van der Waals surface area contributed by atoms with Crippen LogP contribution in [-0.4, -0.2) is 11.9 Å². The highest BCUT2D eigenvalue weighted by molar-refractivity contribution is 6.36. The second kappa shape index (κ2) is 5.35. The lowest BCUT2D eigenvalue weighted by Gasteiger charge is -2.09. The average molecular weight is 246 g/mol. The van der Waals surface area contributed by atoms with Gasteiger partial charge in [0.2, 0.25) is 0 Å². The highest BCUT2D eigenvalue weighted by atomic mass is 35.5. The van der Waals surface area contributed by atoms with Crippen molar-refractivity contribution in [3.63, 3.8) is 0 Å². The zero-order valence-corrected chi connectivity index (χ0v) is 10.1. The summed E-state index contributed by atoms with van der Waals surface area (Å²) in [5.41, 5.74) is 3.23. The van der Waals surface area contributed by atoms with Crippen LogP contribution in [0, 0.1) is 0 Å². The van der Waals surface area contributed by atoms with Crippen molar-refractivity contribution in [2.45, 2.75) is 19.9 Å². The minimum absolute atomic E-state index is 0.131. The van der Waals surface area contributed by atoms with Gasteiger partial charge in [-0.25, -0.2) is 5.84 Å². The van der Waals surface area contributed by atoms with E-state index in [0.29, 0.717) is 21.4 Å². The molecule has 0 radical (unpaired) electrons. The first-order valence-electron chi connectivity index (χ1n) is 4.54. The van der Waals surface area contributed by atoms with Gasteiger partial charge in [0.25, 0.3) is 0 Å². The Morgan fingerprint density at radius 2 is 2.07 bits per heavy atom. The van der Waals surface area contributed by atoms with Crippen molar-refractivity contribution >= 4 is 29.0 Å². The summed E-state index contributed by atoms with van der Waals surface area (Å²) in [5, 5.41) is 1.16. The lowest BCUT2D eigenvalue weighted by atomic mass is 10.2. The molecular weight excluding hydrogens is 233 g/mol. The predicted octanol–water partition coefficient (Wildman–Crippen LogP) is 2.61. The van der Waals surface area contributed by atoms with E-state index in [4.69, 9.17) is 29.0 Å². The normalized spacial score (nSPS) is 12.0. The number of hydrazine groups is 1. The first kappa shape index (κ1) is 12.3. The van der Waals surface area contributed by atoms with E-state index < -0.39 is 0 Å². The molecule has 3 nitrogen and oxygen atoms in total. The van der Waals surface area contributed by atoms with Crippen molar-refractivity contribution in [2.24, 2.45) is 10.8 Å². The Hall–Kier alpha value is -0.770. The third kappa shape index (κ3) is 3.38. The Balaban J connectivity index is 3.17. The second-order valence-corrected chi connectivity index (χ2v) is 4.18. The van der Waals surface area contributed by atoms with Gasteiger partial charge in [-0.1, -0.05) is 23.2 Å². The number of halogens is 2. The van der Waals surface area contributed by atoms with E-state index in [-0.39, 0.29) is 6.04 Å². The number of rotatable bonds is 2. The Morgan fingerprint density at radius 3 is 2.60 bits per heavy atom. The fourth-order valence-corrected chi connectivity index (χ4v) is 1.50. The van der Waals surface area contributed by atoms with E-state index in [9.17, 15) is 0 Å². The summed E-state index contributed by atoms with van der Waals surface area (Å²) in [6, 6.07) is 5.29. The van der Waals surface area contributed by atoms with Crippen LogP contribution in [0.4, 0.5) is 0 Å². The molecule has 0 saturated heterocycles. The summed E-state index contributed by atoms with van der Waals surface area (Å²) in [7, 11) is 0. The number of nitrogens with zero attached hydrogens (tertiary/aromatic N) is 1. The zero-order valence-electron chi connectivity index (χ0n) is 8.59. The molecule has 5 heteroatoms. The van der Waals surface area contributed by atoms with E-state index in [1.54, 1.807) is 18.2 Å². The first-order chi connectivity index (χ1) is 7.04. The lowest BCUT2D eigenvalue weighted by molar-refractivity contribution is 0.820. The molecule has 0 atom stereocenters. The van der Waals surface area contributed by atoms with Crippen LogP contribution < -0.4 is 11.3 Å². The smallest absolute Gasteiger partial charge is 0.144 e. The standard InChI is InChI=1S/C10H13Cl2N3/c1-6(2)14-10(15-13)8-5-7(11)3-4-9(8)12/h3-6H,13H2,1-2H3,(H,14,15). The van der Waals surface area contributed by atoms with Gasteiger partial charge in [0, 0.05) is 16.6 Å². The molecule has 0 aromatic heterocycles. The zero-order chi connectivity index (χ0) is 11.4. The predicted molar refractivity (Wildman–Crippen MR) is 65.5 cm³/mol. The Labute approximate surface area is 99.3 Å². The summed E-state index contributed by atoms with van der Waals surface area (Å²) in [6.07, 6.45) is 0. The number of nitrogens with two attached hydrogens (primary N) is 1. The average Bonchev–Trinajstić information content (AvgIpc) is 2.18. The molecule has 3 N–H and O–H groups in total. The molecule has 1 aromatic carbocycles. The van der Waals surface area contributed by atoms with Crippen molar-refractivity contribution in [2.75, 3.05) is 0 Å². The van der Waals surface area contributed by atoms with Crippen LogP contribution in [0.3, 0.4) is 0 Å². The topological polar surface area (TPSA) is 50.4 Å². The van der Waals surface area contributed by atoms with E-state index in [0.717, 1.165) is 0 Å². The summed E-state index contributed by atoms with van der Waals surface area (Å²) < 4.78 is 0. The van der Waals surface area contributed by atoms with E-state index >= 15 is 0 Å². The van der Waals surface area contributed by atoms with Gasteiger partial charge in [0.15, 0.2) is 0 Å². The molecule has 15 heavy (non-hydrogen) atoms. The van der Waals surface area contributed by atoms with Crippen LogP contribution >= 0.6 is 23.2 Å². The number of amidine groups is 1. The Bertz CT molecular complexity index is 375. The fourth-order valence-electron chi connectivity index (χ4n) is 1.12. The molecule has 0 aliphatic carbocycles. The molecule has 0 aliphatic heterocycles. The minimum atomic E-state index is 0.131. The van der Waals surface area contributed by atoms with E-state index in [1.807, 2.05) is 13.8 Å². The molecule has 0 unspecified atom stereocenters. The van der Waals surface area contributed by atoms with Crippen LogP contribution in [-0.2, 0) is 0 Å². The molecule has 1 rings (SSSR count). The minimum Gasteiger partial charge on any atom is -0.308 e. The van der Waals surface area contributed by atoms with Gasteiger partial charge in [-0.05, 0) is 32.0 Å². The molecule has 0 saturated carbocycles. The van der Waals surface area contributed by atoms with Gasteiger partial charge >= 0.3 is 0 Å². The number of nitrogens with one attached hydrogen (secondary N) is 1. The molecule has 0 fully saturated rings. The Kier molecular flexibility index (Phi) is 4.39. The van der Waals surface area contributed by atoms with Gasteiger partial charge in [-0.15, -0.1) is 0 Å². The monoisotopic (exact) mass is 245 g/mol. The number of hydrogen-bond acceptors (Lipinski definition) is 2. The van der Waals surface area contributed by atoms with Gasteiger partial charge in [-0.3, -0.25) is 4.99 Å². The lowest BCUT2D eigenvalue weighted by Crippen LogP contribution is -2.32. The maximum Gasteiger partial charge on any atom is 0.144 e. The third-order valence-corrected chi connectivity index (χ3v) is 2.27. The van der Waals surface area contributed by atoms with E-state index in [2.05, 4.69) is 10.4 Å². The molecule has 0 spiro atoms. The molecule has 82 valence electrons. The molecule has 1 aromatic rings. The van der Waals surface area contributed by atoms with Crippen molar-refractivity contribution in [1.82, 2.24) is 5.43 Å². The maximum absolute atomic E-state index is 6.02. The highest BCUT2D eigenvalue weighted by Gasteiger charge is 2.08. The van der Waals surface area contributed by atoms with Crippen molar-refractivity contribution in [3.05, 3.63) is 33.8 Å². The van der Waals surface area contributed by atoms with E-state index in [1.165, 1.54) is 0 Å². The fraction of sp³-hybridized carbons (Fsp3) is 0.300. The quantitative estimate of drug-likeness (QED) is 0.364. The largest absolute Gasteiger partial charge is 0.308 e. The molecule has 0 heterocycles. The molecular formula is C10H13Cl2N3. The molecule has 0 aliphatic rings. The van der Waals surface area contributed by atoms with Crippen LogP contribution in [0.15, 0.2) is 23.2 Å². The van der Waals surface area contributed by atoms with Gasteiger partial charge in [-0.2, -0.15) is 0 Å². The first-order valence-corrected chi connectivity index (χ1v) is 5.30. The van der Waals surface area contributed by atoms with Crippen molar-refractivity contribution < 1.29 is 0 Å². The van der Waals surface area contributed by atoms with Crippen LogP contribution in [0.1, 0.15) is 19.4 Å². The second-order valence-electron chi connectivity index (χ2n) is 3.34. The number of aliphatic imine (C=N–C) groups is 1. The summed E-state index contributed by atoms with van der Waals surface area (Å²) in [5.74, 6) is 5.93. The number of benzene rings is 1. The summed E-state index contributed by atoms with van der Waals surface area (Å²) in [4.78, 5) is 4.31. The maximum atomic E-state index is 6.02. The van der Waals surface area contributed by atoms with Gasteiger partial charge < -0.3 is 5.43 Å². The highest BCUT2D eigenvalue weighted by Crippen LogP contribution is 2.20. The third-order valence-electron chi connectivity index (χ3n) is 1.71. The number of hydrogen-bond donors (Lipinski definition) is 2. The van der Waals surface area contributed by atoms with Crippen LogP contribution in [0.2, 0.25) is 10.0 Å². The van der Waals surface area contributed by atoms with Gasteiger partial charge in [0.05, 0.1) is 5.02 Å². The van der Waals surface area contributed by atoms with Crippen molar-refractivity contribution in [3.8, 4) is 0 Å². The van der Waals surface area contributed by atoms with Crippen molar-refractivity contribution in [1.29, 1.82) is 0 Å².